The van der Waals surface area contributed by atoms with Crippen molar-refractivity contribution in [2.24, 2.45) is 0 Å². The van der Waals surface area contributed by atoms with Crippen molar-refractivity contribution in [3.8, 4) is 0 Å². The second-order valence-electron chi connectivity index (χ2n) is 4.45. The number of carbonyl (C=O) groups excluding carboxylic acids is 1. The lowest BCUT2D eigenvalue weighted by molar-refractivity contribution is 0.0956. The molecule has 5 heteroatoms. The summed E-state index contributed by atoms with van der Waals surface area (Å²) < 4.78 is 1.12. The lowest BCUT2D eigenvalue weighted by Crippen LogP contribution is -2.22. The Bertz CT molecular complexity index is 597. The second-order valence-corrected chi connectivity index (χ2v) is 6.94. The number of amides is 1. The van der Waals surface area contributed by atoms with Crippen molar-refractivity contribution in [2.45, 2.75) is 19.9 Å². The van der Waals surface area contributed by atoms with Gasteiger partial charge in [0.15, 0.2) is 0 Å². The summed E-state index contributed by atoms with van der Waals surface area (Å²) in [6.07, 6.45) is 0. The maximum absolute atomic E-state index is 11.8. The first-order valence-electron chi connectivity index (χ1n) is 6.50. The van der Waals surface area contributed by atoms with Crippen molar-refractivity contribution in [2.75, 3.05) is 11.9 Å². The van der Waals surface area contributed by atoms with Gasteiger partial charge in [-0.25, -0.2) is 0 Å². The van der Waals surface area contributed by atoms with Crippen LogP contribution in [0, 0.1) is 0 Å². The zero-order valence-corrected chi connectivity index (χ0v) is 13.8. The van der Waals surface area contributed by atoms with E-state index in [1.165, 1.54) is 4.88 Å². The summed E-state index contributed by atoms with van der Waals surface area (Å²) in [5.41, 5.74) is 1.63. The van der Waals surface area contributed by atoms with Gasteiger partial charge < -0.3 is 10.6 Å². The van der Waals surface area contributed by atoms with Crippen molar-refractivity contribution in [3.63, 3.8) is 0 Å². The van der Waals surface area contributed by atoms with Crippen molar-refractivity contribution in [1.82, 2.24) is 5.32 Å². The van der Waals surface area contributed by atoms with Crippen molar-refractivity contribution in [1.29, 1.82) is 0 Å². The number of anilines is 1. The minimum atomic E-state index is -0.0392. The third kappa shape index (κ3) is 3.84. The van der Waals surface area contributed by atoms with Gasteiger partial charge in [0.25, 0.3) is 5.91 Å². The molecule has 0 aliphatic rings. The van der Waals surface area contributed by atoms with E-state index in [1.54, 1.807) is 11.3 Å². The molecule has 1 aromatic carbocycles. The van der Waals surface area contributed by atoms with E-state index in [-0.39, 0.29) is 11.9 Å². The van der Waals surface area contributed by atoms with Gasteiger partial charge >= 0.3 is 0 Å². The van der Waals surface area contributed by atoms with E-state index >= 15 is 0 Å². The largest absolute Gasteiger partial charge is 0.378 e. The molecule has 20 heavy (non-hydrogen) atoms. The predicted molar refractivity (Wildman–Crippen MR) is 88.5 cm³/mol. The minimum Gasteiger partial charge on any atom is -0.378 e. The molecule has 0 fully saturated rings. The number of benzene rings is 1. The highest BCUT2D eigenvalue weighted by Crippen LogP contribution is 2.29. The fourth-order valence-corrected chi connectivity index (χ4v) is 3.32. The molecule has 106 valence electrons. The molecule has 0 aliphatic carbocycles. The van der Waals surface area contributed by atoms with Crippen LogP contribution in [0.3, 0.4) is 0 Å². The Morgan fingerprint density at radius 2 is 2.15 bits per heavy atom. The van der Waals surface area contributed by atoms with Crippen LogP contribution in [0.4, 0.5) is 5.69 Å². The van der Waals surface area contributed by atoms with Crippen LogP contribution in [-0.2, 0) is 0 Å². The summed E-state index contributed by atoms with van der Waals surface area (Å²) in [4.78, 5) is 13.1. The Morgan fingerprint density at radius 3 is 2.80 bits per heavy atom. The summed E-state index contributed by atoms with van der Waals surface area (Å²) in [6, 6.07) is 11.9. The molecule has 2 N–H and O–H groups in total. The number of hydrogen-bond donors (Lipinski definition) is 2. The fourth-order valence-electron chi connectivity index (χ4n) is 1.89. The van der Waals surface area contributed by atoms with Gasteiger partial charge in [0.2, 0.25) is 0 Å². The molecule has 0 spiro atoms. The SMILES string of the molecule is CCNC(=O)c1cccc(NC(C)c2ccc(Br)s2)c1. The van der Waals surface area contributed by atoms with Crippen LogP contribution in [0.2, 0.25) is 0 Å². The van der Waals surface area contributed by atoms with Crippen molar-refractivity contribution in [3.05, 3.63) is 50.6 Å². The van der Waals surface area contributed by atoms with E-state index in [1.807, 2.05) is 37.3 Å². The summed E-state index contributed by atoms with van der Waals surface area (Å²) in [5, 5.41) is 6.22. The Morgan fingerprint density at radius 1 is 1.35 bits per heavy atom. The number of thiophene rings is 1. The standard InChI is InChI=1S/C15H17BrN2OS/c1-3-17-15(19)11-5-4-6-12(9-11)18-10(2)13-7-8-14(16)20-13/h4-10,18H,3H2,1-2H3,(H,17,19). The summed E-state index contributed by atoms with van der Waals surface area (Å²) in [7, 11) is 0. The summed E-state index contributed by atoms with van der Waals surface area (Å²) in [5.74, 6) is -0.0392. The quantitative estimate of drug-likeness (QED) is 0.835. The summed E-state index contributed by atoms with van der Waals surface area (Å²) in [6.45, 7) is 4.66. The normalized spacial score (nSPS) is 11.9. The first-order valence-corrected chi connectivity index (χ1v) is 8.11. The van der Waals surface area contributed by atoms with Crippen LogP contribution < -0.4 is 10.6 Å². The second kappa shape index (κ2) is 6.90. The maximum Gasteiger partial charge on any atom is 0.251 e. The van der Waals surface area contributed by atoms with E-state index in [2.05, 4.69) is 39.6 Å². The molecule has 0 saturated heterocycles. The molecule has 0 radical (unpaired) electrons. The van der Waals surface area contributed by atoms with E-state index in [9.17, 15) is 4.79 Å². The predicted octanol–water partition coefficient (Wildman–Crippen LogP) is 4.43. The fraction of sp³-hybridized carbons (Fsp3) is 0.267. The topological polar surface area (TPSA) is 41.1 Å². The van der Waals surface area contributed by atoms with Crippen LogP contribution >= 0.6 is 27.3 Å². The minimum absolute atomic E-state index is 0.0392. The van der Waals surface area contributed by atoms with E-state index in [0.29, 0.717) is 12.1 Å². The Balaban J connectivity index is 2.09. The van der Waals surface area contributed by atoms with Crippen molar-refractivity contribution >= 4 is 38.9 Å². The molecule has 1 aromatic heterocycles. The van der Waals surface area contributed by atoms with Gasteiger partial charge in [-0.05, 0) is 60.1 Å². The van der Waals surface area contributed by atoms with Crippen LogP contribution in [0.25, 0.3) is 0 Å². The first-order chi connectivity index (χ1) is 9.60. The number of rotatable bonds is 5. The number of halogens is 1. The molecule has 0 aliphatic heterocycles. The van der Waals surface area contributed by atoms with Crippen LogP contribution in [0.1, 0.15) is 35.1 Å². The van der Waals surface area contributed by atoms with Gasteiger partial charge in [0, 0.05) is 22.7 Å². The van der Waals surface area contributed by atoms with Gasteiger partial charge in [-0.2, -0.15) is 0 Å². The van der Waals surface area contributed by atoms with Gasteiger partial charge in [-0.3, -0.25) is 4.79 Å². The smallest absolute Gasteiger partial charge is 0.251 e. The van der Waals surface area contributed by atoms with Crippen LogP contribution in [0.15, 0.2) is 40.2 Å². The van der Waals surface area contributed by atoms with Gasteiger partial charge in [-0.15, -0.1) is 11.3 Å². The lowest BCUT2D eigenvalue weighted by atomic mass is 10.1. The van der Waals surface area contributed by atoms with E-state index < -0.39 is 0 Å². The van der Waals surface area contributed by atoms with Gasteiger partial charge in [0.1, 0.15) is 0 Å². The van der Waals surface area contributed by atoms with Gasteiger partial charge in [-0.1, -0.05) is 6.07 Å². The Kier molecular flexibility index (Phi) is 5.20. The van der Waals surface area contributed by atoms with Gasteiger partial charge in [0.05, 0.1) is 9.83 Å². The van der Waals surface area contributed by atoms with E-state index in [0.717, 1.165) is 9.47 Å². The molecule has 2 aromatic rings. The highest BCUT2D eigenvalue weighted by Gasteiger charge is 2.09. The third-order valence-electron chi connectivity index (χ3n) is 2.87. The van der Waals surface area contributed by atoms with Crippen LogP contribution in [0.5, 0.6) is 0 Å². The molecule has 2 rings (SSSR count). The molecule has 0 saturated carbocycles. The maximum atomic E-state index is 11.8. The molecule has 1 unspecified atom stereocenters. The van der Waals surface area contributed by atoms with E-state index in [4.69, 9.17) is 0 Å². The summed E-state index contributed by atoms with van der Waals surface area (Å²) >= 11 is 5.18. The number of carbonyl (C=O) groups is 1. The Hall–Kier alpha value is -1.33. The van der Waals surface area contributed by atoms with Crippen molar-refractivity contribution < 1.29 is 4.79 Å². The zero-order chi connectivity index (χ0) is 14.5. The molecular weight excluding hydrogens is 336 g/mol. The highest BCUT2D eigenvalue weighted by atomic mass is 79.9. The molecule has 0 bridgehead atoms. The zero-order valence-electron chi connectivity index (χ0n) is 11.4. The average molecular weight is 353 g/mol. The Labute approximate surface area is 131 Å². The monoisotopic (exact) mass is 352 g/mol. The molecule has 1 amide bonds. The molecule has 1 heterocycles. The molecule has 1 atom stereocenters. The third-order valence-corrected chi connectivity index (χ3v) is 4.67. The van der Waals surface area contributed by atoms with Crippen LogP contribution in [-0.4, -0.2) is 12.5 Å². The number of hydrogen-bond acceptors (Lipinski definition) is 3. The average Bonchev–Trinajstić information content (AvgIpc) is 2.86. The number of nitrogens with one attached hydrogen (secondary N) is 2. The first kappa shape index (κ1) is 15.1. The molecular formula is C15H17BrN2OS. The molecule has 3 nitrogen and oxygen atoms in total. The highest BCUT2D eigenvalue weighted by molar-refractivity contribution is 9.11. The lowest BCUT2D eigenvalue weighted by Gasteiger charge is -2.14.